The van der Waals surface area contributed by atoms with Crippen LogP contribution in [0.1, 0.15) is 11.9 Å². The predicted molar refractivity (Wildman–Crippen MR) is 96.4 cm³/mol. The van der Waals surface area contributed by atoms with Crippen LogP contribution in [0.5, 0.6) is 0 Å². The van der Waals surface area contributed by atoms with Crippen LogP contribution in [-0.4, -0.2) is 5.91 Å². The van der Waals surface area contributed by atoms with Crippen molar-refractivity contribution in [3.63, 3.8) is 0 Å². The number of nitrogens with zero attached hydrogens (tertiary/aromatic N) is 1. The molecule has 0 radical (unpaired) electrons. The molecule has 116 valence electrons. The van der Waals surface area contributed by atoms with Crippen LogP contribution in [0.25, 0.3) is 16.3 Å². The zero-order valence-corrected chi connectivity index (χ0v) is 13.9. The summed E-state index contributed by atoms with van der Waals surface area (Å²) in [6, 6.07) is 16.0. The van der Waals surface area contributed by atoms with Crippen molar-refractivity contribution in [3.8, 4) is 0 Å². The number of aromatic nitrogens is 1. The molecule has 0 aliphatic heterocycles. The van der Waals surface area contributed by atoms with Crippen LogP contribution in [0.4, 0.5) is 11.4 Å². The second kappa shape index (κ2) is 6.62. The molecule has 3 rings (SSSR count). The number of anilines is 2. The van der Waals surface area contributed by atoms with Crippen molar-refractivity contribution in [1.82, 2.24) is 0 Å². The third-order valence-electron chi connectivity index (χ3n) is 3.44. The van der Waals surface area contributed by atoms with Gasteiger partial charge < -0.3 is 10.6 Å². The average Bonchev–Trinajstić information content (AvgIpc) is 2.84. The monoisotopic (exact) mass is 324 g/mol. The molecule has 2 N–H and O–H groups in total. The zero-order chi connectivity index (χ0) is 16.2. The molecule has 0 unspecified atom stereocenters. The van der Waals surface area contributed by atoms with E-state index in [4.69, 9.17) is 0 Å². The summed E-state index contributed by atoms with van der Waals surface area (Å²) < 4.78 is 3.28. The van der Waals surface area contributed by atoms with E-state index in [-0.39, 0.29) is 5.91 Å². The zero-order valence-electron chi connectivity index (χ0n) is 13.0. The van der Waals surface area contributed by atoms with Crippen molar-refractivity contribution < 1.29 is 9.36 Å². The standard InChI is InChI=1S/C18H17N3OS/c1-13(22)20-15-8-9-16-17(12-15)23-18(21(16)2)10-11-19-14-6-4-3-5-7-14/h3-12H,1-2H3,(H,20,22)/p+1. The van der Waals surface area contributed by atoms with E-state index in [1.807, 2.05) is 61.8 Å². The number of fused-ring (bicyclic) bond motifs is 1. The van der Waals surface area contributed by atoms with Gasteiger partial charge in [-0.25, -0.2) is 0 Å². The van der Waals surface area contributed by atoms with Gasteiger partial charge in [-0.2, -0.15) is 4.57 Å². The molecule has 0 bridgehead atoms. The largest absolute Gasteiger partial charge is 0.361 e. The van der Waals surface area contributed by atoms with Gasteiger partial charge in [0.25, 0.3) is 5.01 Å². The summed E-state index contributed by atoms with van der Waals surface area (Å²) in [5.41, 5.74) is 3.02. The number of rotatable bonds is 4. The van der Waals surface area contributed by atoms with Gasteiger partial charge in [0.05, 0.1) is 0 Å². The van der Waals surface area contributed by atoms with E-state index >= 15 is 0 Å². The number of aryl methyl sites for hydroxylation is 1. The van der Waals surface area contributed by atoms with Crippen LogP contribution in [0.3, 0.4) is 0 Å². The second-order valence-corrected chi connectivity index (χ2v) is 6.27. The average molecular weight is 324 g/mol. The molecule has 4 nitrogen and oxygen atoms in total. The molecule has 2 aromatic carbocycles. The lowest BCUT2D eigenvalue weighted by Crippen LogP contribution is -2.28. The van der Waals surface area contributed by atoms with E-state index in [1.165, 1.54) is 6.92 Å². The molecular formula is C18H18N3OS+. The summed E-state index contributed by atoms with van der Waals surface area (Å²) in [7, 11) is 2.04. The minimum Gasteiger partial charge on any atom is -0.361 e. The lowest BCUT2D eigenvalue weighted by Gasteiger charge is -1.99. The lowest BCUT2D eigenvalue weighted by atomic mass is 10.3. The van der Waals surface area contributed by atoms with Crippen molar-refractivity contribution in [1.29, 1.82) is 0 Å². The Balaban J connectivity index is 1.83. The molecule has 1 aromatic heterocycles. The number of thiazole rings is 1. The molecule has 1 heterocycles. The predicted octanol–water partition coefficient (Wildman–Crippen LogP) is 3.77. The first kappa shape index (κ1) is 15.2. The van der Waals surface area contributed by atoms with Gasteiger partial charge in [-0.05, 0) is 24.3 Å². The fourth-order valence-electron chi connectivity index (χ4n) is 2.34. The first-order chi connectivity index (χ1) is 11.1. The summed E-state index contributed by atoms with van der Waals surface area (Å²) in [5, 5.41) is 7.20. The highest BCUT2D eigenvalue weighted by Gasteiger charge is 2.15. The first-order valence-corrected chi connectivity index (χ1v) is 8.13. The molecule has 1 amide bonds. The van der Waals surface area contributed by atoms with Gasteiger partial charge >= 0.3 is 0 Å². The van der Waals surface area contributed by atoms with Crippen molar-refractivity contribution in [2.45, 2.75) is 6.92 Å². The number of carbonyl (C=O) groups is 1. The number of hydrogen-bond acceptors (Lipinski definition) is 3. The molecule has 0 saturated heterocycles. The SMILES string of the molecule is CC(=O)Nc1ccc2c(c1)sc(C=CNc1ccccc1)[n+]2C. The van der Waals surface area contributed by atoms with Crippen molar-refractivity contribution in [2.75, 3.05) is 10.6 Å². The summed E-state index contributed by atoms with van der Waals surface area (Å²) in [5.74, 6) is -0.0579. The quantitative estimate of drug-likeness (QED) is 0.718. The maximum atomic E-state index is 11.2. The Labute approximate surface area is 139 Å². The van der Waals surface area contributed by atoms with E-state index in [9.17, 15) is 4.79 Å². The Bertz CT molecular complexity index is 869. The van der Waals surface area contributed by atoms with Gasteiger partial charge in [-0.15, -0.1) is 0 Å². The van der Waals surface area contributed by atoms with Crippen LogP contribution in [0.15, 0.2) is 54.7 Å². The highest BCUT2D eigenvalue weighted by atomic mass is 32.1. The van der Waals surface area contributed by atoms with Gasteiger partial charge in [0.2, 0.25) is 11.4 Å². The summed E-state index contributed by atoms with van der Waals surface area (Å²) in [6.07, 6.45) is 3.99. The molecule has 0 aliphatic rings. The van der Waals surface area contributed by atoms with Crippen molar-refractivity contribution in [2.24, 2.45) is 7.05 Å². The van der Waals surface area contributed by atoms with Gasteiger partial charge in [-0.1, -0.05) is 29.5 Å². The van der Waals surface area contributed by atoms with Gasteiger partial charge in [0.1, 0.15) is 11.7 Å². The van der Waals surface area contributed by atoms with Crippen molar-refractivity contribution in [3.05, 3.63) is 59.7 Å². The Kier molecular flexibility index (Phi) is 4.39. The molecule has 0 saturated carbocycles. The minimum absolute atomic E-state index is 0.0579. The lowest BCUT2D eigenvalue weighted by molar-refractivity contribution is -0.642. The molecule has 0 fully saturated rings. The highest BCUT2D eigenvalue weighted by molar-refractivity contribution is 7.18. The van der Waals surface area contributed by atoms with Gasteiger partial charge in [0, 0.05) is 36.6 Å². The topological polar surface area (TPSA) is 45.0 Å². The Morgan fingerprint density at radius 3 is 2.65 bits per heavy atom. The fraction of sp³-hybridized carbons (Fsp3) is 0.111. The number of hydrogen-bond donors (Lipinski definition) is 2. The van der Waals surface area contributed by atoms with Gasteiger partial charge in [0.15, 0.2) is 0 Å². The molecule has 0 spiro atoms. The van der Waals surface area contributed by atoms with Gasteiger partial charge in [-0.3, -0.25) is 4.79 Å². The Morgan fingerprint density at radius 1 is 1.13 bits per heavy atom. The number of para-hydroxylation sites is 1. The summed E-state index contributed by atoms with van der Waals surface area (Å²) >= 11 is 1.69. The number of carbonyl (C=O) groups excluding carboxylic acids is 1. The van der Waals surface area contributed by atoms with Crippen LogP contribution >= 0.6 is 11.3 Å². The van der Waals surface area contributed by atoms with Crippen LogP contribution < -0.4 is 15.2 Å². The van der Waals surface area contributed by atoms with Crippen molar-refractivity contribution >= 4 is 44.9 Å². The third kappa shape index (κ3) is 3.57. The normalized spacial score (nSPS) is 11.0. The first-order valence-electron chi connectivity index (χ1n) is 7.32. The maximum absolute atomic E-state index is 11.2. The molecule has 3 aromatic rings. The van der Waals surface area contributed by atoms with E-state index in [0.29, 0.717) is 0 Å². The van der Waals surface area contributed by atoms with Crippen LogP contribution in [-0.2, 0) is 11.8 Å². The smallest absolute Gasteiger partial charge is 0.263 e. The summed E-state index contributed by atoms with van der Waals surface area (Å²) in [4.78, 5) is 11.2. The van der Waals surface area contributed by atoms with Crippen LogP contribution in [0, 0.1) is 0 Å². The third-order valence-corrected chi connectivity index (χ3v) is 4.60. The number of amides is 1. The minimum atomic E-state index is -0.0579. The molecule has 23 heavy (non-hydrogen) atoms. The molecule has 5 heteroatoms. The van der Waals surface area contributed by atoms with E-state index in [2.05, 4.69) is 21.3 Å². The van der Waals surface area contributed by atoms with Crippen LogP contribution in [0.2, 0.25) is 0 Å². The van der Waals surface area contributed by atoms with E-state index in [1.54, 1.807) is 11.3 Å². The molecule has 0 aliphatic carbocycles. The molecule has 0 atom stereocenters. The fourth-order valence-corrected chi connectivity index (χ4v) is 3.44. The Hall–Kier alpha value is -2.66. The number of benzene rings is 2. The molecular weight excluding hydrogens is 306 g/mol. The maximum Gasteiger partial charge on any atom is 0.263 e. The van der Waals surface area contributed by atoms with E-state index in [0.717, 1.165) is 26.6 Å². The van der Waals surface area contributed by atoms with E-state index < -0.39 is 0 Å². The second-order valence-electron chi connectivity index (χ2n) is 5.21. The Morgan fingerprint density at radius 2 is 1.91 bits per heavy atom. The highest BCUT2D eigenvalue weighted by Crippen LogP contribution is 2.24. The summed E-state index contributed by atoms with van der Waals surface area (Å²) in [6.45, 7) is 1.52. The number of nitrogens with one attached hydrogen (secondary N) is 2.